The van der Waals surface area contributed by atoms with Crippen LogP contribution in [-0.4, -0.2) is 26.0 Å². The Morgan fingerprint density at radius 2 is 1.87 bits per heavy atom. The summed E-state index contributed by atoms with van der Waals surface area (Å²) in [6, 6.07) is 15.4. The summed E-state index contributed by atoms with van der Waals surface area (Å²) >= 11 is 5.99. The Bertz CT molecular complexity index is 778. The van der Waals surface area contributed by atoms with Crippen LogP contribution in [0.2, 0.25) is 0 Å². The highest BCUT2D eigenvalue weighted by molar-refractivity contribution is 7.92. The maximum atomic E-state index is 12.2. The highest BCUT2D eigenvalue weighted by atomic mass is 35.5. The molecule has 5 nitrogen and oxygen atoms in total. The smallest absolute Gasteiger partial charge is 0.229 e. The van der Waals surface area contributed by atoms with Crippen molar-refractivity contribution >= 4 is 33.1 Å². The molecule has 1 N–H and O–H groups in total. The van der Waals surface area contributed by atoms with Gasteiger partial charge >= 0.3 is 0 Å². The number of carbonyl (C=O) groups excluding carboxylic acids is 1. The number of benzene rings is 2. The molecule has 0 saturated carbocycles. The first-order chi connectivity index (χ1) is 10.8. The number of hydrogen-bond donors (Lipinski definition) is 1. The maximum absolute atomic E-state index is 12.2. The van der Waals surface area contributed by atoms with E-state index in [2.05, 4.69) is 4.72 Å². The normalized spacial score (nSPS) is 12.6. The summed E-state index contributed by atoms with van der Waals surface area (Å²) in [5.74, 6) is -0.431. The SMILES string of the molecule is CS(=O)(=O)Nc1cccc(C(=O)C(Cl)OCc2ccccc2)c1. The highest BCUT2D eigenvalue weighted by Crippen LogP contribution is 2.17. The molecule has 2 rings (SSSR count). The van der Waals surface area contributed by atoms with Crippen LogP contribution in [0.5, 0.6) is 0 Å². The molecule has 0 fully saturated rings. The molecule has 1 unspecified atom stereocenters. The number of carbonyl (C=O) groups is 1. The molecule has 0 saturated heterocycles. The fourth-order valence-electron chi connectivity index (χ4n) is 1.90. The van der Waals surface area contributed by atoms with Gasteiger partial charge in [0.05, 0.1) is 12.9 Å². The molecule has 0 heterocycles. The second kappa shape index (κ2) is 7.59. The van der Waals surface area contributed by atoms with Gasteiger partial charge in [0.2, 0.25) is 15.8 Å². The minimum absolute atomic E-state index is 0.210. The number of ketones is 1. The van der Waals surface area contributed by atoms with Crippen LogP contribution in [-0.2, 0) is 21.4 Å². The topological polar surface area (TPSA) is 72.5 Å². The van der Waals surface area contributed by atoms with E-state index in [0.717, 1.165) is 11.8 Å². The van der Waals surface area contributed by atoms with E-state index in [1.165, 1.54) is 6.07 Å². The van der Waals surface area contributed by atoms with E-state index in [4.69, 9.17) is 16.3 Å². The zero-order chi connectivity index (χ0) is 16.9. The van der Waals surface area contributed by atoms with Crippen LogP contribution in [0.15, 0.2) is 54.6 Å². The number of Topliss-reactive ketones (excluding diaryl/α,β-unsaturated/α-hetero) is 1. The minimum Gasteiger partial charge on any atom is -0.350 e. The van der Waals surface area contributed by atoms with Gasteiger partial charge in [-0.2, -0.15) is 0 Å². The second-order valence-electron chi connectivity index (χ2n) is 4.93. The molecule has 0 aliphatic rings. The first-order valence-electron chi connectivity index (χ1n) is 6.77. The Morgan fingerprint density at radius 1 is 1.17 bits per heavy atom. The molecule has 7 heteroatoms. The van der Waals surface area contributed by atoms with Crippen LogP contribution < -0.4 is 4.72 Å². The molecule has 1 atom stereocenters. The van der Waals surface area contributed by atoms with E-state index in [1.807, 2.05) is 30.3 Å². The average molecular weight is 354 g/mol. The highest BCUT2D eigenvalue weighted by Gasteiger charge is 2.18. The Hall–Kier alpha value is -1.89. The first kappa shape index (κ1) is 17.5. The largest absolute Gasteiger partial charge is 0.350 e. The molecule has 0 bridgehead atoms. The third-order valence-electron chi connectivity index (χ3n) is 2.90. The van der Waals surface area contributed by atoms with Crippen molar-refractivity contribution in [3.8, 4) is 0 Å². The third kappa shape index (κ3) is 5.67. The lowest BCUT2D eigenvalue weighted by Crippen LogP contribution is -2.19. The zero-order valence-corrected chi connectivity index (χ0v) is 14.0. The van der Waals surface area contributed by atoms with Crippen LogP contribution in [0.1, 0.15) is 15.9 Å². The Balaban J connectivity index is 2.03. The zero-order valence-electron chi connectivity index (χ0n) is 12.4. The van der Waals surface area contributed by atoms with Crippen molar-refractivity contribution in [2.24, 2.45) is 0 Å². The number of rotatable bonds is 7. The fourth-order valence-corrected chi connectivity index (χ4v) is 2.64. The van der Waals surface area contributed by atoms with Gasteiger partial charge in [-0.1, -0.05) is 54.1 Å². The predicted octanol–water partition coefficient (Wildman–Crippen LogP) is 3.02. The molecule has 0 spiro atoms. The van der Waals surface area contributed by atoms with Gasteiger partial charge in [0, 0.05) is 11.3 Å². The van der Waals surface area contributed by atoms with E-state index >= 15 is 0 Å². The second-order valence-corrected chi connectivity index (χ2v) is 7.08. The van der Waals surface area contributed by atoms with Gasteiger partial charge in [-0.3, -0.25) is 9.52 Å². The van der Waals surface area contributed by atoms with E-state index in [1.54, 1.807) is 18.2 Å². The average Bonchev–Trinajstić information content (AvgIpc) is 2.51. The number of hydrogen-bond acceptors (Lipinski definition) is 4. The van der Waals surface area contributed by atoms with Gasteiger partial charge in [-0.25, -0.2) is 8.42 Å². The summed E-state index contributed by atoms with van der Waals surface area (Å²) in [7, 11) is -3.41. The Kier molecular flexibility index (Phi) is 5.76. The van der Waals surface area contributed by atoms with Crippen molar-refractivity contribution in [1.82, 2.24) is 0 Å². The summed E-state index contributed by atoms with van der Waals surface area (Å²) in [6.45, 7) is 0.210. The van der Waals surface area contributed by atoms with Crippen molar-refractivity contribution < 1.29 is 17.9 Å². The molecule has 122 valence electrons. The lowest BCUT2D eigenvalue weighted by molar-refractivity contribution is 0.0613. The lowest BCUT2D eigenvalue weighted by Gasteiger charge is -2.11. The third-order valence-corrected chi connectivity index (χ3v) is 3.83. The molecule has 23 heavy (non-hydrogen) atoms. The molecule has 0 radical (unpaired) electrons. The number of nitrogens with one attached hydrogen (secondary N) is 1. The Morgan fingerprint density at radius 3 is 2.52 bits per heavy atom. The summed E-state index contributed by atoms with van der Waals surface area (Å²) in [6.07, 6.45) is 1.04. The molecule has 0 aliphatic heterocycles. The van der Waals surface area contributed by atoms with Gasteiger partial charge in [-0.15, -0.1) is 0 Å². The van der Waals surface area contributed by atoms with Crippen molar-refractivity contribution in [1.29, 1.82) is 0 Å². The van der Waals surface area contributed by atoms with Crippen LogP contribution in [0, 0.1) is 0 Å². The van der Waals surface area contributed by atoms with E-state index in [9.17, 15) is 13.2 Å². The first-order valence-corrected chi connectivity index (χ1v) is 9.09. The minimum atomic E-state index is -3.41. The van der Waals surface area contributed by atoms with Crippen LogP contribution >= 0.6 is 11.6 Å². The lowest BCUT2D eigenvalue weighted by atomic mass is 10.1. The van der Waals surface area contributed by atoms with Crippen molar-refractivity contribution in [2.75, 3.05) is 11.0 Å². The summed E-state index contributed by atoms with van der Waals surface area (Å²) in [5.41, 5.74) is 0.319. The van der Waals surface area contributed by atoms with Gasteiger partial charge in [-0.05, 0) is 17.7 Å². The molecule has 0 aromatic heterocycles. The fraction of sp³-hybridized carbons (Fsp3) is 0.188. The van der Waals surface area contributed by atoms with E-state index in [0.29, 0.717) is 5.69 Å². The van der Waals surface area contributed by atoms with Crippen molar-refractivity contribution in [3.63, 3.8) is 0 Å². The van der Waals surface area contributed by atoms with E-state index < -0.39 is 21.4 Å². The van der Waals surface area contributed by atoms with E-state index in [-0.39, 0.29) is 12.2 Å². The van der Waals surface area contributed by atoms with Crippen molar-refractivity contribution in [3.05, 3.63) is 65.7 Å². The van der Waals surface area contributed by atoms with Crippen LogP contribution in [0.3, 0.4) is 0 Å². The van der Waals surface area contributed by atoms with Crippen molar-refractivity contribution in [2.45, 2.75) is 12.2 Å². The summed E-state index contributed by atoms with van der Waals surface area (Å²) in [5, 5.41) is 0. The molecular weight excluding hydrogens is 338 g/mol. The van der Waals surface area contributed by atoms with Crippen LogP contribution in [0.4, 0.5) is 5.69 Å². The molecule has 0 aliphatic carbocycles. The maximum Gasteiger partial charge on any atom is 0.229 e. The quantitative estimate of drug-likeness (QED) is 0.613. The molecule has 2 aromatic rings. The van der Waals surface area contributed by atoms with Gasteiger partial charge in [0.15, 0.2) is 5.56 Å². The number of ether oxygens (including phenoxy) is 1. The number of halogens is 1. The Labute approximate surface area is 140 Å². The predicted molar refractivity (Wildman–Crippen MR) is 90.1 cm³/mol. The summed E-state index contributed by atoms with van der Waals surface area (Å²) < 4.78 is 30.1. The number of sulfonamides is 1. The van der Waals surface area contributed by atoms with Gasteiger partial charge in [0.25, 0.3) is 0 Å². The van der Waals surface area contributed by atoms with Gasteiger partial charge < -0.3 is 4.74 Å². The molecular formula is C16H16ClNO4S. The number of anilines is 1. The molecule has 0 amide bonds. The summed E-state index contributed by atoms with van der Waals surface area (Å²) in [4.78, 5) is 12.2. The standard InChI is InChI=1S/C16H16ClNO4S/c1-23(20,21)18-14-9-5-8-13(10-14)15(19)16(17)22-11-12-6-3-2-4-7-12/h2-10,16,18H,11H2,1H3. The monoisotopic (exact) mass is 353 g/mol. The molecule has 2 aromatic carbocycles. The van der Waals surface area contributed by atoms with Gasteiger partial charge in [0.1, 0.15) is 0 Å². The number of alkyl halides is 1. The van der Waals surface area contributed by atoms with Crippen LogP contribution in [0.25, 0.3) is 0 Å².